The fraction of sp³-hybridized carbons (Fsp3) is 0.217. The Labute approximate surface area is 175 Å². The van der Waals surface area contributed by atoms with Crippen molar-refractivity contribution in [3.8, 4) is 11.5 Å². The van der Waals surface area contributed by atoms with Crippen LogP contribution in [0.2, 0.25) is 0 Å². The molecule has 0 aliphatic heterocycles. The number of carbonyl (C=O) groups excluding carboxylic acids is 2. The molecule has 7 heteroatoms. The number of rotatable bonds is 8. The van der Waals surface area contributed by atoms with E-state index >= 15 is 0 Å². The molecule has 0 unspecified atom stereocenters. The summed E-state index contributed by atoms with van der Waals surface area (Å²) in [6, 6.07) is 18.1. The molecule has 0 atom stereocenters. The molecule has 0 aromatic heterocycles. The summed E-state index contributed by atoms with van der Waals surface area (Å²) in [5.74, 6) is 0.842. The number of amides is 3. The van der Waals surface area contributed by atoms with Gasteiger partial charge in [-0.2, -0.15) is 0 Å². The summed E-state index contributed by atoms with van der Waals surface area (Å²) in [6.45, 7) is 4.59. The van der Waals surface area contributed by atoms with Crippen LogP contribution in [0, 0.1) is 0 Å². The van der Waals surface area contributed by atoms with Crippen LogP contribution in [0.5, 0.6) is 11.5 Å². The van der Waals surface area contributed by atoms with Crippen molar-refractivity contribution >= 4 is 34.1 Å². The van der Waals surface area contributed by atoms with Crippen molar-refractivity contribution in [2.75, 3.05) is 30.4 Å². The Morgan fingerprint density at radius 1 is 0.833 bits per heavy atom. The van der Waals surface area contributed by atoms with Crippen molar-refractivity contribution in [1.82, 2.24) is 5.32 Å². The van der Waals surface area contributed by atoms with Crippen LogP contribution in [-0.2, 0) is 4.79 Å². The largest absolute Gasteiger partial charge is 0.490 e. The van der Waals surface area contributed by atoms with E-state index in [4.69, 9.17) is 9.47 Å². The van der Waals surface area contributed by atoms with Crippen LogP contribution in [0.3, 0.4) is 0 Å². The molecule has 0 radical (unpaired) electrons. The molecule has 3 aromatic rings. The fourth-order valence-electron chi connectivity index (χ4n) is 2.99. The molecule has 3 aromatic carbocycles. The standard InChI is InChI=1S/C23H25N3O4/c1-3-29-20-13-12-17(14-21(20)30-4-2)25-23(28)24-15-22(27)26-19-11-7-9-16-8-5-6-10-18(16)19/h5-14H,3-4,15H2,1-2H3,(H,26,27)(H2,24,25,28). The maximum atomic E-state index is 12.3. The van der Waals surface area contributed by atoms with Crippen LogP contribution in [0.1, 0.15) is 13.8 Å². The molecule has 0 fully saturated rings. The Balaban J connectivity index is 1.56. The summed E-state index contributed by atoms with van der Waals surface area (Å²) in [7, 11) is 0. The van der Waals surface area contributed by atoms with Crippen molar-refractivity contribution in [2.24, 2.45) is 0 Å². The summed E-state index contributed by atoms with van der Waals surface area (Å²) >= 11 is 0. The van der Waals surface area contributed by atoms with E-state index in [-0.39, 0.29) is 12.5 Å². The number of hydrogen-bond donors (Lipinski definition) is 3. The van der Waals surface area contributed by atoms with Gasteiger partial charge in [-0.25, -0.2) is 4.79 Å². The quantitative estimate of drug-likeness (QED) is 0.516. The molecule has 3 N–H and O–H groups in total. The van der Waals surface area contributed by atoms with E-state index in [1.54, 1.807) is 18.2 Å². The molecule has 0 spiro atoms. The number of anilines is 2. The maximum Gasteiger partial charge on any atom is 0.319 e. The minimum Gasteiger partial charge on any atom is -0.490 e. The van der Waals surface area contributed by atoms with E-state index in [9.17, 15) is 9.59 Å². The lowest BCUT2D eigenvalue weighted by molar-refractivity contribution is -0.115. The van der Waals surface area contributed by atoms with Crippen molar-refractivity contribution in [1.29, 1.82) is 0 Å². The van der Waals surface area contributed by atoms with E-state index in [1.807, 2.05) is 56.3 Å². The third kappa shape index (κ3) is 5.41. The van der Waals surface area contributed by atoms with Gasteiger partial charge in [-0.15, -0.1) is 0 Å². The summed E-state index contributed by atoms with van der Waals surface area (Å²) in [4.78, 5) is 24.5. The SMILES string of the molecule is CCOc1ccc(NC(=O)NCC(=O)Nc2cccc3ccccc23)cc1OCC. The van der Waals surface area contributed by atoms with Gasteiger partial charge in [-0.1, -0.05) is 36.4 Å². The first kappa shape index (κ1) is 21.0. The average molecular weight is 407 g/mol. The minimum absolute atomic E-state index is 0.162. The topological polar surface area (TPSA) is 88.7 Å². The highest BCUT2D eigenvalue weighted by Crippen LogP contribution is 2.30. The molecule has 0 aliphatic rings. The molecule has 0 heterocycles. The first-order chi connectivity index (χ1) is 14.6. The zero-order valence-electron chi connectivity index (χ0n) is 17.0. The third-order valence-corrected chi connectivity index (χ3v) is 4.27. The Morgan fingerprint density at radius 3 is 2.37 bits per heavy atom. The normalized spacial score (nSPS) is 10.3. The first-order valence-corrected chi connectivity index (χ1v) is 9.82. The van der Waals surface area contributed by atoms with Gasteiger partial charge in [-0.05, 0) is 37.4 Å². The zero-order valence-corrected chi connectivity index (χ0v) is 17.0. The maximum absolute atomic E-state index is 12.3. The molecule has 7 nitrogen and oxygen atoms in total. The average Bonchev–Trinajstić information content (AvgIpc) is 2.75. The highest BCUT2D eigenvalue weighted by molar-refractivity contribution is 6.03. The highest BCUT2D eigenvalue weighted by atomic mass is 16.5. The van der Waals surface area contributed by atoms with Gasteiger partial charge in [0.1, 0.15) is 0 Å². The lowest BCUT2D eigenvalue weighted by atomic mass is 10.1. The number of fused-ring (bicyclic) bond motifs is 1. The van der Waals surface area contributed by atoms with Crippen molar-refractivity contribution in [3.05, 3.63) is 60.7 Å². The van der Waals surface area contributed by atoms with Crippen LogP contribution < -0.4 is 25.4 Å². The second-order valence-electron chi connectivity index (χ2n) is 6.41. The lowest BCUT2D eigenvalue weighted by Crippen LogP contribution is -2.35. The Hall–Kier alpha value is -3.74. The number of hydrogen-bond acceptors (Lipinski definition) is 4. The molecule has 30 heavy (non-hydrogen) atoms. The van der Waals surface area contributed by atoms with Gasteiger partial charge >= 0.3 is 6.03 Å². The van der Waals surface area contributed by atoms with Crippen LogP contribution >= 0.6 is 0 Å². The van der Waals surface area contributed by atoms with Crippen LogP contribution in [0.4, 0.5) is 16.2 Å². The van der Waals surface area contributed by atoms with E-state index in [1.165, 1.54) is 0 Å². The molecule has 0 saturated carbocycles. The second kappa shape index (κ2) is 10.2. The first-order valence-electron chi connectivity index (χ1n) is 9.82. The lowest BCUT2D eigenvalue weighted by Gasteiger charge is -2.13. The summed E-state index contributed by atoms with van der Waals surface area (Å²) < 4.78 is 11.1. The van der Waals surface area contributed by atoms with E-state index < -0.39 is 6.03 Å². The predicted molar refractivity (Wildman–Crippen MR) is 118 cm³/mol. The van der Waals surface area contributed by atoms with E-state index in [0.717, 1.165) is 10.8 Å². The fourth-order valence-corrected chi connectivity index (χ4v) is 2.99. The predicted octanol–water partition coefficient (Wildman–Crippen LogP) is 4.40. The zero-order chi connectivity index (χ0) is 21.3. The molecule has 0 saturated heterocycles. The van der Waals surface area contributed by atoms with Crippen molar-refractivity contribution in [3.63, 3.8) is 0 Å². The minimum atomic E-state index is -0.491. The third-order valence-electron chi connectivity index (χ3n) is 4.27. The summed E-state index contributed by atoms with van der Waals surface area (Å²) in [5.41, 5.74) is 1.24. The molecular formula is C23H25N3O4. The van der Waals surface area contributed by atoms with Gasteiger partial charge < -0.3 is 25.4 Å². The van der Waals surface area contributed by atoms with Gasteiger partial charge in [0, 0.05) is 22.8 Å². The Kier molecular flexibility index (Phi) is 7.10. The molecule has 156 valence electrons. The number of benzene rings is 3. The van der Waals surface area contributed by atoms with E-state index in [2.05, 4.69) is 16.0 Å². The second-order valence-corrected chi connectivity index (χ2v) is 6.41. The molecule has 0 aliphatic carbocycles. The Morgan fingerprint density at radius 2 is 1.57 bits per heavy atom. The molecular weight excluding hydrogens is 382 g/mol. The van der Waals surface area contributed by atoms with Crippen LogP contribution in [0.25, 0.3) is 10.8 Å². The van der Waals surface area contributed by atoms with Gasteiger partial charge in [-0.3, -0.25) is 4.79 Å². The van der Waals surface area contributed by atoms with Crippen LogP contribution in [0.15, 0.2) is 60.7 Å². The van der Waals surface area contributed by atoms with Gasteiger partial charge in [0.2, 0.25) is 5.91 Å². The molecule has 3 rings (SSSR count). The molecule has 0 bridgehead atoms. The van der Waals surface area contributed by atoms with Gasteiger partial charge in [0.15, 0.2) is 11.5 Å². The van der Waals surface area contributed by atoms with Gasteiger partial charge in [0.25, 0.3) is 0 Å². The molecule has 3 amide bonds. The summed E-state index contributed by atoms with van der Waals surface area (Å²) in [5, 5.41) is 10.1. The smallest absolute Gasteiger partial charge is 0.319 e. The van der Waals surface area contributed by atoms with E-state index in [0.29, 0.717) is 36.1 Å². The van der Waals surface area contributed by atoms with Gasteiger partial charge in [0.05, 0.1) is 19.8 Å². The summed E-state index contributed by atoms with van der Waals surface area (Å²) in [6.07, 6.45) is 0. The Bertz CT molecular complexity index is 1030. The number of urea groups is 1. The monoisotopic (exact) mass is 407 g/mol. The highest BCUT2D eigenvalue weighted by Gasteiger charge is 2.10. The number of nitrogens with one attached hydrogen (secondary N) is 3. The van der Waals surface area contributed by atoms with Crippen LogP contribution in [-0.4, -0.2) is 31.7 Å². The van der Waals surface area contributed by atoms with Crippen molar-refractivity contribution in [2.45, 2.75) is 13.8 Å². The number of ether oxygens (including phenoxy) is 2. The van der Waals surface area contributed by atoms with Crippen molar-refractivity contribution < 1.29 is 19.1 Å². The number of carbonyl (C=O) groups is 2.